The molecule has 0 aliphatic rings. The molecule has 348 valence electrons. The van der Waals surface area contributed by atoms with E-state index in [4.69, 9.17) is 57.2 Å². The van der Waals surface area contributed by atoms with E-state index in [9.17, 15) is 19.2 Å². The summed E-state index contributed by atoms with van der Waals surface area (Å²) < 4.78 is 59.0. The van der Waals surface area contributed by atoms with Crippen LogP contribution in [0.4, 0.5) is 0 Å². The summed E-state index contributed by atoms with van der Waals surface area (Å²) in [6.07, 6.45) is 19.4. The summed E-state index contributed by atoms with van der Waals surface area (Å²) in [6.45, 7) is 10.0. The van der Waals surface area contributed by atoms with Crippen molar-refractivity contribution in [2.45, 2.75) is 122 Å². The number of ether oxygens (including phenoxy) is 11. The van der Waals surface area contributed by atoms with Crippen molar-refractivity contribution in [2.24, 2.45) is 0 Å². The number of aliphatic carboxylic acids is 1. The predicted octanol–water partition coefficient (Wildman–Crippen LogP) is 5.92. The maximum absolute atomic E-state index is 11.9. The molecule has 59 heavy (non-hydrogen) atoms. The maximum Gasteiger partial charge on any atom is 0.372 e. The van der Waals surface area contributed by atoms with E-state index in [2.05, 4.69) is 6.92 Å². The summed E-state index contributed by atoms with van der Waals surface area (Å²) in [6, 6.07) is 0. The van der Waals surface area contributed by atoms with Crippen LogP contribution in [0.2, 0.25) is 0 Å². The van der Waals surface area contributed by atoms with Crippen LogP contribution in [0.25, 0.3) is 0 Å². The van der Waals surface area contributed by atoms with E-state index in [1.165, 1.54) is 83.5 Å². The van der Waals surface area contributed by atoms with Crippen molar-refractivity contribution in [1.29, 1.82) is 0 Å². The van der Waals surface area contributed by atoms with E-state index in [0.717, 1.165) is 12.8 Å². The lowest BCUT2D eigenvalue weighted by Crippen LogP contribution is -2.17. The second-order valence-electron chi connectivity index (χ2n) is 13.9. The number of unbranched alkanes of at least 4 members (excludes halogenated alkanes) is 14. The molecule has 0 atom stereocenters. The average molecular weight is 853 g/mol. The minimum absolute atomic E-state index is 0.0111. The highest BCUT2D eigenvalue weighted by molar-refractivity contribution is 6.32. The Morgan fingerprint density at radius 3 is 0.814 bits per heavy atom. The van der Waals surface area contributed by atoms with Crippen LogP contribution >= 0.6 is 0 Å². The van der Waals surface area contributed by atoms with Crippen LogP contribution in [0.3, 0.4) is 0 Å². The van der Waals surface area contributed by atoms with Crippen LogP contribution in [0.1, 0.15) is 122 Å². The molecule has 0 saturated heterocycles. The van der Waals surface area contributed by atoms with Gasteiger partial charge >= 0.3 is 17.9 Å². The fraction of sp³-hybridized carbons (Fsp3) is 0.907. The van der Waals surface area contributed by atoms with Gasteiger partial charge in [0.25, 0.3) is 0 Å². The summed E-state index contributed by atoms with van der Waals surface area (Å²) in [5.41, 5.74) is 0. The van der Waals surface area contributed by atoms with Crippen molar-refractivity contribution in [1.82, 2.24) is 0 Å². The van der Waals surface area contributed by atoms with Crippen molar-refractivity contribution in [3.63, 3.8) is 0 Å². The maximum atomic E-state index is 11.9. The molecule has 0 heterocycles. The first-order chi connectivity index (χ1) is 29.0. The van der Waals surface area contributed by atoms with Gasteiger partial charge in [0, 0.05) is 12.8 Å². The molecule has 16 nitrogen and oxygen atoms in total. The zero-order valence-corrected chi connectivity index (χ0v) is 36.4. The quantitative estimate of drug-likeness (QED) is 0.0431. The molecule has 16 heteroatoms. The van der Waals surface area contributed by atoms with Gasteiger partial charge in [-0.15, -0.1) is 0 Å². The Balaban J connectivity index is 3.17. The highest BCUT2D eigenvalue weighted by Crippen LogP contribution is 2.14. The molecule has 0 aliphatic carbocycles. The Bertz CT molecular complexity index is 937. The Hall–Kier alpha value is -2.28. The summed E-state index contributed by atoms with van der Waals surface area (Å²) in [5, 5.41) is 8.46. The average Bonchev–Trinajstić information content (AvgIpc) is 3.23. The third kappa shape index (κ3) is 48.3. The lowest BCUT2D eigenvalue weighted by Gasteiger charge is -2.09. The number of ketones is 1. The smallest absolute Gasteiger partial charge is 0.372 e. The molecular weight excluding hydrogens is 772 g/mol. The van der Waals surface area contributed by atoms with Gasteiger partial charge in [-0.2, -0.15) is 0 Å². The first kappa shape index (κ1) is 56.7. The summed E-state index contributed by atoms with van der Waals surface area (Å²) in [7, 11) is 0. The first-order valence-corrected chi connectivity index (χ1v) is 22.2. The van der Waals surface area contributed by atoms with Crippen molar-refractivity contribution in [2.75, 3.05) is 132 Å². The molecular formula is C43H80O16. The lowest BCUT2D eigenvalue weighted by molar-refractivity contribution is -0.151. The van der Waals surface area contributed by atoms with E-state index >= 15 is 0 Å². The molecule has 0 saturated carbocycles. The van der Waals surface area contributed by atoms with E-state index in [-0.39, 0.29) is 38.6 Å². The summed E-state index contributed by atoms with van der Waals surface area (Å²) in [4.78, 5) is 44.6. The molecule has 0 bridgehead atoms. The van der Waals surface area contributed by atoms with Crippen LogP contribution < -0.4 is 0 Å². The highest BCUT2D eigenvalue weighted by Gasteiger charge is 2.14. The van der Waals surface area contributed by atoms with Gasteiger partial charge < -0.3 is 57.2 Å². The first-order valence-electron chi connectivity index (χ1n) is 22.2. The fourth-order valence-electron chi connectivity index (χ4n) is 5.40. The molecule has 0 fully saturated rings. The second-order valence-corrected chi connectivity index (χ2v) is 13.9. The third-order valence-electron chi connectivity index (χ3n) is 8.74. The van der Waals surface area contributed by atoms with E-state index in [1.54, 1.807) is 0 Å². The fourth-order valence-corrected chi connectivity index (χ4v) is 5.40. The van der Waals surface area contributed by atoms with Gasteiger partial charge in [-0.25, -0.2) is 4.79 Å². The molecule has 0 aromatic heterocycles. The third-order valence-corrected chi connectivity index (χ3v) is 8.74. The summed E-state index contributed by atoms with van der Waals surface area (Å²) in [5.74, 6) is -3.38. The standard InChI is InChI=1S/C43H80O16/c1-2-3-4-5-6-7-8-9-10-11-12-13-14-15-16-17-41(45)58-38-36-56-34-32-54-30-28-52-26-24-50-22-20-49-21-23-51-25-27-53-29-31-55-33-35-57-37-39-59-42(46)19-18-40(44)43(47)48/h2-39H2,1H3,(H,47,48). The minimum Gasteiger partial charge on any atom is -0.476 e. The Kier molecular flexibility index (Phi) is 46.5. The molecule has 0 amide bonds. The van der Waals surface area contributed by atoms with Crippen molar-refractivity contribution in [3.8, 4) is 0 Å². The van der Waals surface area contributed by atoms with Gasteiger partial charge in [0.15, 0.2) is 0 Å². The number of hydrogen-bond donors (Lipinski definition) is 1. The zero-order valence-electron chi connectivity index (χ0n) is 36.4. The Labute approximate surface area is 354 Å². The van der Waals surface area contributed by atoms with E-state index in [0.29, 0.717) is 119 Å². The van der Waals surface area contributed by atoms with Gasteiger partial charge in [0.1, 0.15) is 13.2 Å². The van der Waals surface area contributed by atoms with Crippen LogP contribution in [-0.4, -0.2) is 161 Å². The van der Waals surface area contributed by atoms with Gasteiger partial charge in [0.05, 0.1) is 125 Å². The van der Waals surface area contributed by atoms with Crippen molar-refractivity contribution < 1.29 is 76.4 Å². The van der Waals surface area contributed by atoms with Gasteiger partial charge in [-0.05, 0) is 6.42 Å². The number of hydrogen-bond acceptors (Lipinski definition) is 15. The van der Waals surface area contributed by atoms with Crippen molar-refractivity contribution >= 4 is 23.7 Å². The SMILES string of the molecule is CCCCCCCCCCCCCCCCCC(=O)OCCOCCOCCOCCOCCOCCOCCOCCOCCOCCOC(=O)CCC(=O)C(=O)O. The minimum atomic E-state index is -1.56. The van der Waals surface area contributed by atoms with Crippen LogP contribution in [0.5, 0.6) is 0 Å². The molecule has 0 rings (SSSR count). The number of carboxylic acid groups (broad SMARTS) is 1. The number of esters is 2. The van der Waals surface area contributed by atoms with Gasteiger partial charge in [0.2, 0.25) is 5.78 Å². The molecule has 0 spiro atoms. The summed E-state index contributed by atoms with van der Waals surface area (Å²) >= 11 is 0. The van der Waals surface area contributed by atoms with Gasteiger partial charge in [-0.3, -0.25) is 14.4 Å². The van der Waals surface area contributed by atoms with E-state index < -0.39 is 17.7 Å². The van der Waals surface area contributed by atoms with Crippen LogP contribution in [0, 0.1) is 0 Å². The molecule has 0 radical (unpaired) electrons. The molecule has 0 aromatic rings. The number of Topliss-reactive ketones (excluding diaryl/α,β-unsaturated/α-hetero) is 1. The Morgan fingerprint density at radius 2 is 0.542 bits per heavy atom. The number of carbonyl (C=O) groups is 4. The topological polar surface area (TPSA) is 190 Å². The highest BCUT2D eigenvalue weighted by atomic mass is 16.6. The largest absolute Gasteiger partial charge is 0.476 e. The second kappa shape index (κ2) is 48.4. The predicted molar refractivity (Wildman–Crippen MR) is 221 cm³/mol. The number of rotatable bonds is 50. The monoisotopic (exact) mass is 853 g/mol. The van der Waals surface area contributed by atoms with Gasteiger partial charge in [-0.1, -0.05) is 96.8 Å². The van der Waals surface area contributed by atoms with Crippen LogP contribution in [0.15, 0.2) is 0 Å². The normalized spacial score (nSPS) is 11.3. The van der Waals surface area contributed by atoms with E-state index in [1.807, 2.05) is 0 Å². The zero-order chi connectivity index (χ0) is 43.0. The van der Waals surface area contributed by atoms with Crippen LogP contribution in [-0.2, 0) is 71.3 Å². The van der Waals surface area contributed by atoms with Crippen molar-refractivity contribution in [3.05, 3.63) is 0 Å². The Morgan fingerprint density at radius 1 is 0.305 bits per heavy atom. The molecule has 0 aromatic carbocycles. The molecule has 0 aliphatic heterocycles. The number of carboxylic acids is 1. The molecule has 1 N–H and O–H groups in total. The number of carbonyl (C=O) groups excluding carboxylic acids is 3. The lowest BCUT2D eigenvalue weighted by atomic mass is 10.0. The molecule has 0 unspecified atom stereocenters.